The molecular weight excluding hydrogens is 148 g/mol. The van der Waals surface area contributed by atoms with Crippen molar-refractivity contribution < 1.29 is 0 Å². The lowest BCUT2D eigenvalue weighted by molar-refractivity contribution is 0.135. The van der Waals surface area contributed by atoms with Gasteiger partial charge in [0.25, 0.3) is 0 Å². The fourth-order valence-electron chi connectivity index (χ4n) is 2.52. The highest BCUT2D eigenvalue weighted by molar-refractivity contribution is 4.98. The molecule has 2 saturated carbocycles. The molecule has 1 unspecified atom stereocenters. The van der Waals surface area contributed by atoms with Crippen LogP contribution >= 0.6 is 0 Å². The zero-order valence-electron chi connectivity index (χ0n) is 7.63. The molecule has 0 aromatic carbocycles. The van der Waals surface area contributed by atoms with Crippen molar-refractivity contribution in [2.75, 3.05) is 19.6 Å². The van der Waals surface area contributed by atoms with Gasteiger partial charge in [0.1, 0.15) is 0 Å². The summed E-state index contributed by atoms with van der Waals surface area (Å²) < 4.78 is 0. The number of hydrogen-bond donors (Lipinski definition) is 1. The lowest BCUT2D eigenvalue weighted by Crippen LogP contribution is -2.53. The second kappa shape index (κ2) is 2.71. The Morgan fingerprint density at radius 2 is 1.92 bits per heavy atom. The molecule has 68 valence electrons. The summed E-state index contributed by atoms with van der Waals surface area (Å²) in [5, 5.41) is 3.53. The normalized spacial score (nSPS) is 38.5. The minimum absolute atomic E-state index is 0.909. The van der Waals surface area contributed by atoms with Gasteiger partial charge in [0.15, 0.2) is 0 Å². The molecule has 2 aliphatic carbocycles. The molecule has 0 bridgehead atoms. The Morgan fingerprint density at radius 1 is 1.08 bits per heavy atom. The summed E-state index contributed by atoms with van der Waals surface area (Å²) in [5.41, 5.74) is 0. The predicted octanol–water partition coefficient (Wildman–Crippen LogP) is 0.833. The van der Waals surface area contributed by atoms with E-state index in [4.69, 9.17) is 0 Å². The fraction of sp³-hybridized carbons (Fsp3) is 1.00. The monoisotopic (exact) mass is 166 g/mol. The molecule has 1 N–H and O–H groups in total. The Hall–Kier alpha value is -0.0800. The number of piperazine rings is 1. The van der Waals surface area contributed by atoms with E-state index in [0.717, 1.165) is 18.0 Å². The molecule has 0 amide bonds. The van der Waals surface area contributed by atoms with E-state index in [0.29, 0.717) is 0 Å². The van der Waals surface area contributed by atoms with Crippen LogP contribution < -0.4 is 5.32 Å². The lowest BCUT2D eigenvalue weighted by Gasteiger charge is -2.36. The summed E-state index contributed by atoms with van der Waals surface area (Å²) in [4.78, 5) is 2.79. The van der Waals surface area contributed by atoms with E-state index in [1.807, 2.05) is 0 Å². The third-order valence-electron chi connectivity index (χ3n) is 3.51. The third-order valence-corrected chi connectivity index (χ3v) is 3.51. The van der Waals surface area contributed by atoms with Crippen molar-refractivity contribution in [3.05, 3.63) is 0 Å². The summed E-state index contributed by atoms with van der Waals surface area (Å²) in [6, 6.07) is 1.89. The molecule has 0 aromatic heterocycles. The molecule has 0 aromatic rings. The maximum absolute atomic E-state index is 3.53. The number of rotatable bonds is 2. The molecule has 1 atom stereocenters. The SMILES string of the molecule is C1CN(C2CC2)C(C2CC2)CN1. The molecule has 2 nitrogen and oxygen atoms in total. The van der Waals surface area contributed by atoms with Gasteiger partial charge in [-0.2, -0.15) is 0 Å². The first-order valence-corrected chi connectivity index (χ1v) is 5.41. The summed E-state index contributed by atoms with van der Waals surface area (Å²) in [7, 11) is 0. The molecule has 3 rings (SSSR count). The molecule has 1 heterocycles. The first-order valence-electron chi connectivity index (χ1n) is 5.41. The molecule has 1 aliphatic heterocycles. The topological polar surface area (TPSA) is 15.3 Å². The van der Waals surface area contributed by atoms with E-state index in [1.54, 1.807) is 0 Å². The second-order valence-electron chi connectivity index (χ2n) is 4.58. The number of nitrogens with one attached hydrogen (secondary N) is 1. The Kier molecular flexibility index (Phi) is 1.66. The van der Waals surface area contributed by atoms with Crippen LogP contribution in [-0.4, -0.2) is 36.6 Å². The lowest BCUT2D eigenvalue weighted by atomic mass is 10.1. The first kappa shape index (κ1) is 7.34. The van der Waals surface area contributed by atoms with Crippen LogP contribution in [0.2, 0.25) is 0 Å². The van der Waals surface area contributed by atoms with Gasteiger partial charge < -0.3 is 5.32 Å². The van der Waals surface area contributed by atoms with E-state index >= 15 is 0 Å². The van der Waals surface area contributed by atoms with E-state index < -0.39 is 0 Å². The van der Waals surface area contributed by atoms with Crippen LogP contribution in [0, 0.1) is 5.92 Å². The molecule has 1 saturated heterocycles. The zero-order chi connectivity index (χ0) is 7.97. The Balaban J connectivity index is 1.68. The smallest absolute Gasteiger partial charge is 0.0252 e. The van der Waals surface area contributed by atoms with Crippen LogP contribution in [-0.2, 0) is 0 Å². The minimum Gasteiger partial charge on any atom is -0.314 e. The highest BCUT2D eigenvalue weighted by Gasteiger charge is 2.42. The van der Waals surface area contributed by atoms with Crippen molar-refractivity contribution >= 4 is 0 Å². The van der Waals surface area contributed by atoms with Gasteiger partial charge in [0.05, 0.1) is 0 Å². The van der Waals surface area contributed by atoms with E-state index in [1.165, 1.54) is 45.3 Å². The summed E-state index contributed by atoms with van der Waals surface area (Å²) >= 11 is 0. The average Bonchev–Trinajstić information content (AvgIpc) is 2.99. The third kappa shape index (κ3) is 1.27. The van der Waals surface area contributed by atoms with Gasteiger partial charge >= 0.3 is 0 Å². The van der Waals surface area contributed by atoms with Crippen molar-refractivity contribution in [3.63, 3.8) is 0 Å². The largest absolute Gasteiger partial charge is 0.314 e. The molecular formula is C10H18N2. The van der Waals surface area contributed by atoms with Crippen LogP contribution in [0.1, 0.15) is 25.7 Å². The van der Waals surface area contributed by atoms with Crippen molar-refractivity contribution in [2.45, 2.75) is 37.8 Å². The van der Waals surface area contributed by atoms with Crippen molar-refractivity contribution in [2.24, 2.45) is 5.92 Å². The summed E-state index contributed by atoms with van der Waals surface area (Å²) in [6.07, 6.45) is 5.94. The Morgan fingerprint density at radius 3 is 2.58 bits per heavy atom. The van der Waals surface area contributed by atoms with E-state index in [2.05, 4.69) is 10.2 Å². The standard InChI is InChI=1S/C10H18N2/c1-2-8(1)10-7-11-5-6-12(10)9-3-4-9/h8-11H,1-7H2. The molecule has 3 fully saturated rings. The van der Waals surface area contributed by atoms with Crippen molar-refractivity contribution in [1.29, 1.82) is 0 Å². The van der Waals surface area contributed by atoms with Crippen LogP contribution in [0.25, 0.3) is 0 Å². The summed E-state index contributed by atoms with van der Waals surface area (Å²) in [6.45, 7) is 3.80. The number of nitrogens with zero attached hydrogens (tertiary/aromatic N) is 1. The van der Waals surface area contributed by atoms with Crippen LogP contribution in [0.3, 0.4) is 0 Å². The first-order chi connectivity index (χ1) is 5.95. The predicted molar refractivity (Wildman–Crippen MR) is 49.1 cm³/mol. The highest BCUT2D eigenvalue weighted by atomic mass is 15.3. The van der Waals surface area contributed by atoms with Gasteiger partial charge in [-0.3, -0.25) is 4.90 Å². The van der Waals surface area contributed by atoms with E-state index in [-0.39, 0.29) is 0 Å². The van der Waals surface area contributed by atoms with E-state index in [9.17, 15) is 0 Å². The Bertz CT molecular complexity index is 153. The molecule has 0 radical (unpaired) electrons. The second-order valence-corrected chi connectivity index (χ2v) is 4.58. The summed E-state index contributed by atoms with van der Waals surface area (Å²) in [5.74, 6) is 1.05. The molecule has 3 aliphatic rings. The highest BCUT2D eigenvalue weighted by Crippen LogP contribution is 2.40. The van der Waals surface area contributed by atoms with Gasteiger partial charge in [-0.15, -0.1) is 0 Å². The van der Waals surface area contributed by atoms with Crippen molar-refractivity contribution in [3.8, 4) is 0 Å². The van der Waals surface area contributed by atoms with Crippen LogP contribution in [0.15, 0.2) is 0 Å². The fourth-order valence-corrected chi connectivity index (χ4v) is 2.52. The Labute approximate surface area is 74.3 Å². The van der Waals surface area contributed by atoms with Gasteiger partial charge in [-0.1, -0.05) is 0 Å². The van der Waals surface area contributed by atoms with Gasteiger partial charge in [-0.25, -0.2) is 0 Å². The molecule has 12 heavy (non-hydrogen) atoms. The van der Waals surface area contributed by atoms with Crippen LogP contribution in [0.5, 0.6) is 0 Å². The minimum atomic E-state index is 0.909. The maximum Gasteiger partial charge on any atom is 0.0252 e. The quantitative estimate of drug-likeness (QED) is 0.654. The van der Waals surface area contributed by atoms with Crippen LogP contribution in [0.4, 0.5) is 0 Å². The molecule has 2 heteroatoms. The average molecular weight is 166 g/mol. The van der Waals surface area contributed by atoms with Gasteiger partial charge in [0.2, 0.25) is 0 Å². The maximum atomic E-state index is 3.53. The van der Waals surface area contributed by atoms with Crippen molar-refractivity contribution in [1.82, 2.24) is 10.2 Å². The van der Waals surface area contributed by atoms with Gasteiger partial charge in [-0.05, 0) is 31.6 Å². The van der Waals surface area contributed by atoms with Gasteiger partial charge in [0, 0.05) is 31.7 Å². The number of hydrogen-bond acceptors (Lipinski definition) is 2. The zero-order valence-corrected chi connectivity index (χ0v) is 7.63. The molecule has 0 spiro atoms.